The smallest absolute Gasteiger partial charge is 0.326 e. The summed E-state index contributed by atoms with van der Waals surface area (Å²) in [5.41, 5.74) is 4.55. The number of rotatable bonds is 2. The zero-order valence-corrected chi connectivity index (χ0v) is 11.3. The third-order valence-electron chi connectivity index (χ3n) is 4.15. The number of carbonyl (C=O) groups excluding carboxylic acids is 2. The second kappa shape index (κ2) is 4.93. The molecule has 0 radical (unpaired) electrons. The van der Waals surface area contributed by atoms with Crippen LogP contribution in [0.25, 0.3) is 0 Å². The first-order chi connectivity index (χ1) is 9.24. The number of β-amino-alcohol motifs (C(OH)–C–C–N with tert-alkyl or cyclic N) is 1. The maximum Gasteiger partial charge on any atom is 0.326 e. The van der Waals surface area contributed by atoms with Gasteiger partial charge in [0, 0.05) is 26.1 Å². The minimum Gasteiger partial charge on any atom is -0.480 e. The number of amides is 3. The number of likely N-dealkylation sites (tertiary alicyclic amines) is 2. The van der Waals surface area contributed by atoms with Crippen LogP contribution in [0.1, 0.15) is 19.8 Å². The number of urea groups is 1. The van der Waals surface area contributed by atoms with Gasteiger partial charge in [0.1, 0.15) is 6.04 Å². The minimum atomic E-state index is -1.13. The maximum atomic E-state index is 12.3. The fourth-order valence-corrected chi connectivity index (χ4v) is 2.77. The molecule has 8 heteroatoms. The van der Waals surface area contributed by atoms with Gasteiger partial charge in [-0.2, -0.15) is 0 Å². The lowest BCUT2D eigenvalue weighted by Crippen LogP contribution is -2.48. The second-order valence-electron chi connectivity index (χ2n) is 5.77. The first-order valence-corrected chi connectivity index (χ1v) is 6.51. The predicted molar refractivity (Wildman–Crippen MR) is 67.6 cm³/mol. The van der Waals surface area contributed by atoms with E-state index in [9.17, 15) is 19.5 Å². The Bertz CT molecular complexity index is 454. The van der Waals surface area contributed by atoms with Crippen molar-refractivity contribution < 1.29 is 24.6 Å². The van der Waals surface area contributed by atoms with E-state index in [1.165, 1.54) is 4.90 Å². The summed E-state index contributed by atoms with van der Waals surface area (Å²) in [4.78, 5) is 37.4. The van der Waals surface area contributed by atoms with Crippen LogP contribution < -0.4 is 5.73 Å². The number of hydrogen-bond donors (Lipinski definition) is 3. The fraction of sp³-hybridized carbons (Fsp3) is 0.750. The number of primary amides is 1. The lowest BCUT2D eigenvalue weighted by atomic mass is 9.89. The molecule has 20 heavy (non-hydrogen) atoms. The number of carboxylic acid groups (broad SMARTS) is 1. The molecular weight excluding hydrogens is 266 g/mol. The maximum absolute atomic E-state index is 12.3. The summed E-state index contributed by atoms with van der Waals surface area (Å²) in [6, 6.07) is -1.48. The van der Waals surface area contributed by atoms with Crippen LogP contribution in [0, 0.1) is 5.41 Å². The third kappa shape index (κ3) is 2.43. The normalized spacial score (nSPS) is 33.5. The molecule has 2 rings (SSSR count). The SMILES string of the molecule is CC1(C(N)=O)CCN(C(=O)N2C[C@H](O)C[C@@H]2C(=O)O)C1. The van der Waals surface area contributed by atoms with E-state index in [1.807, 2.05) is 0 Å². The van der Waals surface area contributed by atoms with Crippen LogP contribution in [0.15, 0.2) is 0 Å². The molecule has 2 aliphatic rings. The van der Waals surface area contributed by atoms with Crippen LogP contribution in [0.3, 0.4) is 0 Å². The molecule has 1 unspecified atom stereocenters. The van der Waals surface area contributed by atoms with Crippen molar-refractivity contribution in [3.05, 3.63) is 0 Å². The summed E-state index contributed by atoms with van der Waals surface area (Å²) in [5.74, 6) is -1.60. The number of hydrogen-bond acceptors (Lipinski definition) is 4. The standard InChI is InChI=1S/C12H19N3O5/c1-12(10(13)19)2-3-14(6-12)11(20)15-5-7(16)4-8(15)9(17)18/h7-8,16H,2-6H2,1H3,(H2,13,19)(H,17,18)/t7-,8-,12?/m1/s1. The number of aliphatic hydroxyl groups is 1. The predicted octanol–water partition coefficient (Wildman–Crippen LogP) is -1.18. The highest BCUT2D eigenvalue weighted by molar-refractivity contribution is 5.86. The average Bonchev–Trinajstić information content (AvgIpc) is 2.93. The van der Waals surface area contributed by atoms with Gasteiger partial charge in [0.2, 0.25) is 5.91 Å². The van der Waals surface area contributed by atoms with E-state index >= 15 is 0 Å². The Labute approximate surface area is 116 Å². The highest BCUT2D eigenvalue weighted by atomic mass is 16.4. The van der Waals surface area contributed by atoms with Gasteiger partial charge in [0.05, 0.1) is 11.5 Å². The number of carbonyl (C=O) groups is 3. The number of nitrogens with zero attached hydrogens (tertiary/aromatic N) is 2. The molecule has 112 valence electrons. The molecule has 0 aromatic carbocycles. The topological polar surface area (TPSA) is 124 Å². The molecule has 0 bridgehead atoms. The van der Waals surface area contributed by atoms with Gasteiger partial charge in [-0.1, -0.05) is 0 Å². The molecule has 0 spiro atoms. The van der Waals surface area contributed by atoms with Crippen LogP contribution >= 0.6 is 0 Å². The summed E-state index contributed by atoms with van der Waals surface area (Å²) >= 11 is 0. The van der Waals surface area contributed by atoms with Gasteiger partial charge < -0.3 is 25.7 Å². The van der Waals surface area contributed by atoms with Gasteiger partial charge in [-0.15, -0.1) is 0 Å². The summed E-state index contributed by atoms with van der Waals surface area (Å²) in [5, 5.41) is 18.6. The van der Waals surface area contributed by atoms with Crippen molar-refractivity contribution in [1.29, 1.82) is 0 Å². The average molecular weight is 285 g/mol. The molecule has 4 N–H and O–H groups in total. The zero-order chi connectivity index (χ0) is 15.1. The van der Waals surface area contributed by atoms with Crippen molar-refractivity contribution >= 4 is 17.9 Å². The monoisotopic (exact) mass is 285 g/mol. The van der Waals surface area contributed by atoms with Crippen molar-refractivity contribution in [3.8, 4) is 0 Å². The molecule has 0 aliphatic carbocycles. The highest BCUT2D eigenvalue weighted by Crippen LogP contribution is 2.31. The molecule has 3 amide bonds. The van der Waals surface area contributed by atoms with E-state index in [0.29, 0.717) is 13.0 Å². The molecule has 3 atom stereocenters. The van der Waals surface area contributed by atoms with Gasteiger partial charge >= 0.3 is 12.0 Å². The lowest BCUT2D eigenvalue weighted by Gasteiger charge is -2.28. The molecule has 2 heterocycles. The van der Waals surface area contributed by atoms with Crippen LogP contribution in [-0.4, -0.2) is 69.7 Å². The van der Waals surface area contributed by atoms with Crippen LogP contribution in [0.5, 0.6) is 0 Å². The van der Waals surface area contributed by atoms with Gasteiger partial charge in [0.15, 0.2) is 0 Å². The van der Waals surface area contributed by atoms with Crippen molar-refractivity contribution in [1.82, 2.24) is 9.80 Å². The molecule has 2 aliphatic heterocycles. The van der Waals surface area contributed by atoms with E-state index in [2.05, 4.69) is 0 Å². The Morgan fingerprint density at radius 1 is 1.35 bits per heavy atom. The van der Waals surface area contributed by atoms with Crippen LogP contribution in [0.4, 0.5) is 4.79 Å². The Balaban J connectivity index is 2.09. The molecule has 2 fully saturated rings. The van der Waals surface area contributed by atoms with Gasteiger partial charge in [-0.25, -0.2) is 9.59 Å². The summed E-state index contributed by atoms with van der Waals surface area (Å²) in [7, 11) is 0. The van der Waals surface area contributed by atoms with Crippen LogP contribution in [-0.2, 0) is 9.59 Å². The fourth-order valence-electron chi connectivity index (χ4n) is 2.77. The molecule has 0 aromatic rings. The van der Waals surface area contributed by atoms with Crippen molar-refractivity contribution in [2.24, 2.45) is 11.1 Å². The van der Waals surface area contributed by atoms with Crippen molar-refractivity contribution in [2.75, 3.05) is 19.6 Å². The van der Waals surface area contributed by atoms with E-state index in [4.69, 9.17) is 10.8 Å². The third-order valence-corrected chi connectivity index (χ3v) is 4.15. The quantitative estimate of drug-likeness (QED) is 0.589. The van der Waals surface area contributed by atoms with Crippen molar-refractivity contribution in [3.63, 3.8) is 0 Å². The van der Waals surface area contributed by atoms with Crippen LogP contribution in [0.2, 0.25) is 0 Å². The summed E-state index contributed by atoms with van der Waals surface area (Å²) in [6.07, 6.45) is -0.338. The number of aliphatic carboxylic acids is 1. The second-order valence-corrected chi connectivity index (χ2v) is 5.77. The minimum absolute atomic E-state index is 0.000411. The van der Waals surface area contributed by atoms with Crippen molar-refractivity contribution in [2.45, 2.75) is 31.9 Å². The Morgan fingerprint density at radius 2 is 2.00 bits per heavy atom. The van der Waals surface area contributed by atoms with Gasteiger partial charge in [0.25, 0.3) is 0 Å². The van der Waals surface area contributed by atoms with E-state index in [1.54, 1.807) is 6.92 Å². The highest BCUT2D eigenvalue weighted by Gasteiger charge is 2.45. The number of nitrogens with two attached hydrogens (primary N) is 1. The summed E-state index contributed by atoms with van der Waals surface area (Å²) < 4.78 is 0. The summed E-state index contributed by atoms with van der Waals surface area (Å²) in [6.45, 7) is 2.23. The largest absolute Gasteiger partial charge is 0.480 e. The Kier molecular flexibility index (Phi) is 3.59. The van der Waals surface area contributed by atoms with Gasteiger partial charge in [-0.3, -0.25) is 4.79 Å². The molecule has 8 nitrogen and oxygen atoms in total. The number of aliphatic hydroxyl groups excluding tert-OH is 1. The van der Waals surface area contributed by atoms with E-state index in [-0.39, 0.29) is 19.5 Å². The lowest BCUT2D eigenvalue weighted by molar-refractivity contribution is -0.141. The molecule has 2 saturated heterocycles. The molecule has 0 saturated carbocycles. The Morgan fingerprint density at radius 3 is 2.50 bits per heavy atom. The van der Waals surface area contributed by atoms with E-state index in [0.717, 1.165) is 4.90 Å². The van der Waals surface area contributed by atoms with Gasteiger partial charge in [-0.05, 0) is 13.3 Å². The Hall–Kier alpha value is -1.83. The number of carboxylic acids is 1. The zero-order valence-electron chi connectivity index (χ0n) is 11.3. The molecular formula is C12H19N3O5. The first-order valence-electron chi connectivity index (χ1n) is 6.51. The molecule has 0 aromatic heterocycles. The first kappa shape index (κ1) is 14.6. The van der Waals surface area contributed by atoms with E-state index < -0.39 is 35.5 Å².